The summed E-state index contributed by atoms with van der Waals surface area (Å²) in [5, 5.41) is 11.4. The van der Waals surface area contributed by atoms with Crippen molar-refractivity contribution in [2.75, 3.05) is 0 Å². The summed E-state index contributed by atoms with van der Waals surface area (Å²) in [5.74, 6) is 0. The standard InChI is InChI=1S/C16H17ClN4O/c17-12-3-1-2-10(6-12)11-8-18-21(9-11)16(22)20-15-7-13-4-5-14(15)19-13/h1-3,6,8-9,13-15,19H,4-5,7H2,(H,20,22). The quantitative estimate of drug-likeness (QED) is 0.895. The molecule has 0 saturated carbocycles. The SMILES string of the molecule is O=C(NC1CC2CCC1N2)n1cc(-c2cccc(Cl)c2)cn1. The Kier molecular flexibility index (Phi) is 3.39. The Labute approximate surface area is 133 Å². The molecule has 114 valence electrons. The molecule has 0 spiro atoms. The largest absolute Gasteiger partial charge is 0.342 e. The number of fused-ring (bicyclic) bond motifs is 2. The van der Waals surface area contributed by atoms with Crippen molar-refractivity contribution in [2.24, 2.45) is 0 Å². The molecule has 3 atom stereocenters. The molecule has 1 amide bonds. The van der Waals surface area contributed by atoms with Gasteiger partial charge in [-0.3, -0.25) is 0 Å². The van der Waals surface area contributed by atoms with Gasteiger partial charge < -0.3 is 10.6 Å². The van der Waals surface area contributed by atoms with Gasteiger partial charge in [-0.25, -0.2) is 4.79 Å². The molecule has 1 aromatic heterocycles. The summed E-state index contributed by atoms with van der Waals surface area (Å²) in [6.45, 7) is 0. The fourth-order valence-electron chi connectivity index (χ4n) is 3.46. The van der Waals surface area contributed by atoms with Gasteiger partial charge in [0.2, 0.25) is 0 Å². The monoisotopic (exact) mass is 316 g/mol. The predicted octanol–water partition coefficient (Wildman–Crippen LogP) is 2.65. The van der Waals surface area contributed by atoms with Crippen LogP contribution in [0.25, 0.3) is 11.1 Å². The van der Waals surface area contributed by atoms with Gasteiger partial charge in [0.25, 0.3) is 0 Å². The van der Waals surface area contributed by atoms with Crippen LogP contribution in [0, 0.1) is 0 Å². The number of carbonyl (C=O) groups excluding carboxylic acids is 1. The summed E-state index contributed by atoms with van der Waals surface area (Å²) in [4.78, 5) is 12.3. The Bertz CT molecular complexity index is 714. The Morgan fingerprint density at radius 3 is 3.00 bits per heavy atom. The third-order valence-electron chi connectivity index (χ3n) is 4.56. The zero-order valence-corrected chi connectivity index (χ0v) is 12.8. The predicted molar refractivity (Wildman–Crippen MR) is 85.0 cm³/mol. The Balaban J connectivity index is 1.48. The van der Waals surface area contributed by atoms with Crippen LogP contribution in [0.3, 0.4) is 0 Å². The van der Waals surface area contributed by atoms with Crippen molar-refractivity contribution in [2.45, 2.75) is 37.4 Å². The van der Waals surface area contributed by atoms with Gasteiger partial charge in [0.15, 0.2) is 0 Å². The van der Waals surface area contributed by atoms with E-state index in [1.165, 1.54) is 11.1 Å². The molecule has 5 nitrogen and oxygen atoms in total. The van der Waals surface area contributed by atoms with Crippen LogP contribution in [-0.2, 0) is 0 Å². The van der Waals surface area contributed by atoms with Crippen molar-refractivity contribution < 1.29 is 4.79 Å². The maximum atomic E-state index is 12.3. The number of rotatable bonds is 2. The van der Waals surface area contributed by atoms with E-state index in [4.69, 9.17) is 11.6 Å². The molecule has 2 fully saturated rings. The van der Waals surface area contributed by atoms with Crippen LogP contribution < -0.4 is 10.6 Å². The third kappa shape index (κ3) is 2.51. The van der Waals surface area contributed by atoms with Gasteiger partial charge >= 0.3 is 6.03 Å². The summed E-state index contributed by atoms with van der Waals surface area (Å²) in [6, 6.07) is 8.54. The van der Waals surface area contributed by atoms with Gasteiger partial charge in [0.05, 0.1) is 6.20 Å². The summed E-state index contributed by atoms with van der Waals surface area (Å²) in [5.41, 5.74) is 1.83. The summed E-state index contributed by atoms with van der Waals surface area (Å²) < 4.78 is 1.36. The van der Waals surface area contributed by atoms with E-state index in [-0.39, 0.29) is 12.1 Å². The third-order valence-corrected chi connectivity index (χ3v) is 4.79. The second kappa shape index (κ2) is 5.41. The number of halogens is 1. The van der Waals surface area contributed by atoms with E-state index < -0.39 is 0 Å². The molecule has 1 aromatic carbocycles. The van der Waals surface area contributed by atoms with Crippen LogP contribution in [0.5, 0.6) is 0 Å². The van der Waals surface area contributed by atoms with E-state index in [0.29, 0.717) is 17.1 Å². The molecular weight excluding hydrogens is 300 g/mol. The van der Waals surface area contributed by atoms with E-state index in [2.05, 4.69) is 15.7 Å². The molecule has 2 aromatic rings. The van der Waals surface area contributed by atoms with Crippen molar-refractivity contribution in [3.8, 4) is 11.1 Å². The lowest BCUT2D eigenvalue weighted by Gasteiger charge is -2.21. The number of benzene rings is 1. The second-order valence-electron chi connectivity index (χ2n) is 6.02. The Morgan fingerprint density at radius 2 is 2.27 bits per heavy atom. The van der Waals surface area contributed by atoms with Crippen LogP contribution in [-0.4, -0.2) is 33.9 Å². The zero-order chi connectivity index (χ0) is 15.1. The van der Waals surface area contributed by atoms with Gasteiger partial charge in [-0.05, 0) is 37.0 Å². The molecule has 2 aliphatic rings. The minimum absolute atomic E-state index is 0.173. The molecule has 2 saturated heterocycles. The smallest absolute Gasteiger partial charge is 0.332 e. The number of nitrogens with zero attached hydrogens (tertiary/aromatic N) is 2. The summed E-state index contributed by atoms with van der Waals surface area (Å²) >= 11 is 6.00. The minimum Gasteiger partial charge on any atom is -0.332 e. The topological polar surface area (TPSA) is 59.0 Å². The average Bonchev–Trinajstić information content (AvgIpc) is 3.23. The first-order valence-corrected chi connectivity index (χ1v) is 7.94. The van der Waals surface area contributed by atoms with Crippen molar-refractivity contribution in [3.05, 3.63) is 41.7 Å². The average molecular weight is 317 g/mol. The molecule has 0 aliphatic carbocycles. The number of amides is 1. The highest BCUT2D eigenvalue weighted by Gasteiger charge is 2.39. The highest BCUT2D eigenvalue weighted by atomic mass is 35.5. The van der Waals surface area contributed by atoms with Gasteiger partial charge in [0, 0.05) is 34.9 Å². The van der Waals surface area contributed by atoms with Crippen molar-refractivity contribution in [1.82, 2.24) is 20.4 Å². The molecule has 4 rings (SSSR count). The number of hydrogen-bond donors (Lipinski definition) is 2. The first-order chi connectivity index (χ1) is 10.7. The lowest BCUT2D eigenvalue weighted by Crippen LogP contribution is -2.44. The van der Waals surface area contributed by atoms with E-state index in [0.717, 1.165) is 24.0 Å². The van der Waals surface area contributed by atoms with E-state index >= 15 is 0 Å². The Hall–Kier alpha value is -1.85. The molecule has 2 aliphatic heterocycles. The van der Waals surface area contributed by atoms with E-state index in [1.54, 1.807) is 12.4 Å². The first-order valence-electron chi connectivity index (χ1n) is 7.56. The van der Waals surface area contributed by atoms with Crippen LogP contribution >= 0.6 is 11.6 Å². The maximum Gasteiger partial charge on any atom is 0.342 e. The van der Waals surface area contributed by atoms with Gasteiger partial charge in [0.1, 0.15) is 0 Å². The lowest BCUT2D eigenvalue weighted by molar-refractivity contribution is 0.233. The fraction of sp³-hybridized carbons (Fsp3) is 0.375. The summed E-state index contributed by atoms with van der Waals surface area (Å²) in [6.07, 6.45) is 6.80. The van der Waals surface area contributed by atoms with Crippen molar-refractivity contribution in [3.63, 3.8) is 0 Å². The molecule has 3 unspecified atom stereocenters. The van der Waals surface area contributed by atoms with Gasteiger partial charge in [-0.15, -0.1) is 0 Å². The highest BCUT2D eigenvalue weighted by Crippen LogP contribution is 2.28. The number of carbonyl (C=O) groups is 1. The second-order valence-corrected chi connectivity index (χ2v) is 6.46. The molecule has 2 N–H and O–H groups in total. The fourth-order valence-corrected chi connectivity index (χ4v) is 3.65. The normalized spacial score (nSPS) is 26.3. The van der Waals surface area contributed by atoms with Gasteiger partial charge in [-0.2, -0.15) is 9.78 Å². The van der Waals surface area contributed by atoms with E-state index in [1.807, 2.05) is 24.3 Å². The van der Waals surface area contributed by atoms with Crippen molar-refractivity contribution in [1.29, 1.82) is 0 Å². The zero-order valence-electron chi connectivity index (χ0n) is 12.0. The molecule has 2 bridgehead atoms. The number of hydrogen-bond acceptors (Lipinski definition) is 3. The van der Waals surface area contributed by atoms with Crippen LogP contribution in [0.15, 0.2) is 36.7 Å². The van der Waals surface area contributed by atoms with Crippen molar-refractivity contribution >= 4 is 17.6 Å². The summed E-state index contributed by atoms with van der Waals surface area (Å²) in [7, 11) is 0. The van der Waals surface area contributed by atoms with Crippen LogP contribution in [0.1, 0.15) is 19.3 Å². The number of aromatic nitrogens is 2. The van der Waals surface area contributed by atoms with Crippen LogP contribution in [0.4, 0.5) is 4.79 Å². The molecule has 22 heavy (non-hydrogen) atoms. The Morgan fingerprint density at radius 1 is 1.36 bits per heavy atom. The lowest BCUT2D eigenvalue weighted by atomic mass is 9.96. The molecule has 6 heteroatoms. The molecular formula is C16H17ClN4O. The molecule has 3 heterocycles. The van der Waals surface area contributed by atoms with E-state index in [9.17, 15) is 4.79 Å². The van der Waals surface area contributed by atoms with Crippen LogP contribution in [0.2, 0.25) is 5.02 Å². The number of nitrogens with one attached hydrogen (secondary N) is 2. The minimum atomic E-state index is -0.173. The highest BCUT2D eigenvalue weighted by molar-refractivity contribution is 6.30. The molecule has 0 radical (unpaired) electrons. The first kappa shape index (κ1) is 13.8. The van der Waals surface area contributed by atoms with Gasteiger partial charge in [-0.1, -0.05) is 23.7 Å². The maximum absolute atomic E-state index is 12.3.